The zero-order valence-electron chi connectivity index (χ0n) is 16.3. The molecular weight excluding hydrogens is 396 g/mol. The topological polar surface area (TPSA) is 110 Å². The van der Waals surface area contributed by atoms with Crippen molar-refractivity contribution in [3.05, 3.63) is 55.2 Å². The Morgan fingerprint density at radius 2 is 2.10 bits per heavy atom. The second-order valence-electron chi connectivity index (χ2n) is 6.69. The van der Waals surface area contributed by atoms with E-state index in [1.54, 1.807) is 31.2 Å². The van der Waals surface area contributed by atoms with Crippen LogP contribution in [-0.4, -0.2) is 28.6 Å². The molecule has 0 saturated heterocycles. The molecule has 2 aromatic rings. The second-order valence-corrected chi connectivity index (χ2v) is 7.12. The van der Waals surface area contributed by atoms with Crippen LogP contribution in [0, 0.1) is 0 Å². The quantitative estimate of drug-likeness (QED) is 0.748. The van der Waals surface area contributed by atoms with Gasteiger partial charge in [-0.05, 0) is 37.6 Å². The minimum atomic E-state index is -0.698. The van der Waals surface area contributed by atoms with Crippen molar-refractivity contribution in [2.45, 2.75) is 33.2 Å². The van der Waals surface area contributed by atoms with Crippen molar-refractivity contribution in [1.29, 1.82) is 0 Å². The molecule has 8 nitrogen and oxygen atoms in total. The van der Waals surface area contributed by atoms with Crippen LogP contribution in [0.1, 0.15) is 32.3 Å². The number of unbranched alkanes of at least 4 members (excludes halogenated alkanes) is 1. The fraction of sp³-hybridized carbons (Fsp3) is 0.350. The number of hydrogen-bond acceptors (Lipinski definition) is 5. The van der Waals surface area contributed by atoms with Crippen LogP contribution in [0.3, 0.4) is 0 Å². The Labute approximate surface area is 172 Å². The van der Waals surface area contributed by atoms with Gasteiger partial charge in [0.1, 0.15) is 18.2 Å². The summed E-state index contributed by atoms with van der Waals surface area (Å²) in [6, 6.07) is 5.14. The molecule has 1 amide bonds. The SMILES string of the molecule is CCCCn1c(N)c(N(CC)C(=O)C2=Cc3cc(Cl)ccc3OC2)c(=O)[nH]c1=O. The lowest BCUT2D eigenvalue weighted by Crippen LogP contribution is -2.42. The fourth-order valence-electron chi connectivity index (χ4n) is 3.22. The third kappa shape index (κ3) is 4.07. The van der Waals surface area contributed by atoms with Crippen LogP contribution in [0.4, 0.5) is 11.5 Å². The summed E-state index contributed by atoms with van der Waals surface area (Å²) in [5.41, 5.74) is 5.86. The van der Waals surface area contributed by atoms with Gasteiger partial charge in [-0.1, -0.05) is 24.9 Å². The first kappa shape index (κ1) is 20.7. The number of H-pyrrole nitrogens is 1. The van der Waals surface area contributed by atoms with E-state index >= 15 is 0 Å². The largest absolute Gasteiger partial charge is 0.488 e. The predicted molar refractivity (Wildman–Crippen MR) is 114 cm³/mol. The number of amides is 1. The summed E-state index contributed by atoms with van der Waals surface area (Å²) in [5, 5.41) is 0.522. The molecule has 0 bridgehead atoms. The molecule has 0 radical (unpaired) electrons. The predicted octanol–water partition coefficient (Wildman–Crippen LogP) is 2.40. The molecule has 3 N–H and O–H groups in total. The van der Waals surface area contributed by atoms with E-state index in [2.05, 4.69) is 4.98 Å². The molecule has 1 aliphatic heterocycles. The highest BCUT2D eigenvalue weighted by molar-refractivity contribution is 6.30. The summed E-state index contributed by atoms with van der Waals surface area (Å²) in [5.74, 6) is 0.179. The van der Waals surface area contributed by atoms with Gasteiger partial charge in [0, 0.05) is 23.7 Å². The van der Waals surface area contributed by atoms with E-state index < -0.39 is 17.2 Å². The van der Waals surface area contributed by atoms with E-state index in [9.17, 15) is 14.4 Å². The van der Waals surface area contributed by atoms with Crippen molar-refractivity contribution in [1.82, 2.24) is 9.55 Å². The fourth-order valence-corrected chi connectivity index (χ4v) is 3.41. The molecule has 9 heteroatoms. The summed E-state index contributed by atoms with van der Waals surface area (Å²) in [6.07, 6.45) is 3.25. The van der Waals surface area contributed by atoms with Crippen LogP contribution in [0.2, 0.25) is 5.02 Å². The number of carbonyl (C=O) groups excluding carboxylic acids is 1. The number of aromatic nitrogens is 2. The zero-order chi connectivity index (χ0) is 21.1. The van der Waals surface area contributed by atoms with Crippen LogP contribution < -0.4 is 26.6 Å². The number of fused-ring (bicyclic) bond motifs is 1. The highest BCUT2D eigenvalue weighted by Crippen LogP contribution is 2.30. The second kappa shape index (κ2) is 8.57. The smallest absolute Gasteiger partial charge is 0.330 e. The third-order valence-electron chi connectivity index (χ3n) is 4.74. The van der Waals surface area contributed by atoms with Crippen molar-refractivity contribution in [3.63, 3.8) is 0 Å². The van der Waals surface area contributed by atoms with Gasteiger partial charge in [-0.2, -0.15) is 0 Å². The van der Waals surface area contributed by atoms with Crippen molar-refractivity contribution in [3.8, 4) is 5.75 Å². The normalized spacial score (nSPS) is 12.7. The lowest BCUT2D eigenvalue weighted by atomic mass is 10.1. The molecule has 0 saturated carbocycles. The van der Waals surface area contributed by atoms with Gasteiger partial charge in [0.2, 0.25) is 0 Å². The first-order valence-corrected chi connectivity index (χ1v) is 9.82. The Bertz CT molecular complexity index is 1090. The number of nitrogens with zero attached hydrogens (tertiary/aromatic N) is 2. The number of likely N-dealkylation sites (N-methyl/N-ethyl adjacent to an activating group) is 1. The highest BCUT2D eigenvalue weighted by atomic mass is 35.5. The molecule has 1 aliphatic rings. The first-order chi connectivity index (χ1) is 13.9. The van der Waals surface area contributed by atoms with Crippen LogP contribution >= 0.6 is 11.6 Å². The molecular formula is C20H23ClN4O4. The number of nitrogen functional groups attached to an aromatic ring is 1. The zero-order valence-corrected chi connectivity index (χ0v) is 17.1. The summed E-state index contributed by atoms with van der Waals surface area (Å²) >= 11 is 6.03. The van der Waals surface area contributed by atoms with E-state index in [1.165, 1.54) is 9.47 Å². The Morgan fingerprint density at radius 3 is 2.79 bits per heavy atom. The molecule has 29 heavy (non-hydrogen) atoms. The van der Waals surface area contributed by atoms with Gasteiger partial charge in [0.25, 0.3) is 11.5 Å². The van der Waals surface area contributed by atoms with Crippen molar-refractivity contribution >= 4 is 35.1 Å². The van der Waals surface area contributed by atoms with E-state index in [0.717, 1.165) is 6.42 Å². The Morgan fingerprint density at radius 1 is 1.34 bits per heavy atom. The summed E-state index contributed by atoms with van der Waals surface area (Å²) in [7, 11) is 0. The lowest BCUT2D eigenvalue weighted by molar-refractivity contribution is -0.115. The molecule has 154 valence electrons. The standard InChI is InChI=1S/C20H23ClN4O4/c1-3-5-8-25-17(22)16(18(26)23-20(25)28)24(4-2)19(27)13-9-12-10-14(21)6-7-15(12)29-11-13/h6-7,9-10H,3-5,8,11,22H2,1-2H3,(H,23,26,28). The summed E-state index contributed by atoms with van der Waals surface area (Å²) in [4.78, 5) is 41.4. The minimum absolute atomic E-state index is 0.0248. The van der Waals surface area contributed by atoms with Crippen LogP contribution in [-0.2, 0) is 11.3 Å². The maximum absolute atomic E-state index is 13.2. The van der Waals surface area contributed by atoms with Crippen LogP contribution in [0.25, 0.3) is 6.08 Å². The third-order valence-corrected chi connectivity index (χ3v) is 4.98. The molecule has 3 rings (SSSR count). The molecule has 0 unspecified atom stereocenters. The molecule has 0 atom stereocenters. The highest BCUT2D eigenvalue weighted by Gasteiger charge is 2.27. The van der Waals surface area contributed by atoms with Gasteiger partial charge in [0.15, 0.2) is 5.69 Å². The molecule has 1 aromatic heterocycles. The van der Waals surface area contributed by atoms with Gasteiger partial charge in [-0.25, -0.2) is 4.79 Å². The van der Waals surface area contributed by atoms with E-state index in [0.29, 0.717) is 34.9 Å². The summed E-state index contributed by atoms with van der Waals surface area (Å²) < 4.78 is 6.94. The number of anilines is 2. The number of benzene rings is 1. The van der Waals surface area contributed by atoms with Crippen LogP contribution in [0.5, 0.6) is 5.75 Å². The van der Waals surface area contributed by atoms with Gasteiger partial charge in [-0.15, -0.1) is 0 Å². The molecule has 0 aliphatic carbocycles. The van der Waals surface area contributed by atoms with Crippen molar-refractivity contribution < 1.29 is 9.53 Å². The van der Waals surface area contributed by atoms with Gasteiger partial charge in [0.05, 0.1) is 5.57 Å². The number of hydrogen-bond donors (Lipinski definition) is 2. The Balaban J connectivity index is 2.03. The van der Waals surface area contributed by atoms with E-state index in [-0.39, 0.29) is 24.7 Å². The number of ether oxygens (including phenoxy) is 1. The first-order valence-electron chi connectivity index (χ1n) is 9.44. The average Bonchev–Trinajstić information content (AvgIpc) is 2.69. The maximum atomic E-state index is 13.2. The minimum Gasteiger partial charge on any atom is -0.488 e. The lowest BCUT2D eigenvalue weighted by Gasteiger charge is -2.26. The van der Waals surface area contributed by atoms with Gasteiger partial charge >= 0.3 is 5.69 Å². The Kier molecular flexibility index (Phi) is 6.12. The van der Waals surface area contributed by atoms with Crippen LogP contribution in [0.15, 0.2) is 33.4 Å². The summed E-state index contributed by atoms with van der Waals surface area (Å²) in [6.45, 7) is 4.31. The van der Waals surface area contributed by atoms with E-state index in [1.807, 2.05) is 6.92 Å². The monoisotopic (exact) mass is 418 g/mol. The molecule has 0 spiro atoms. The number of nitrogens with one attached hydrogen (secondary N) is 1. The molecule has 2 heterocycles. The van der Waals surface area contributed by atoms with Crippen molar-refractivity contribution in [2.24, 2.45) is 0 Å². The van der Waals surface area contributed by atoms with E-state index in [4.69, 9.17) is 22.1 Å². The maximum Gasteiger partial charge on any atom is 0.330 e. The number of carbonyl (C=O) groups is 1. The number of halogens is 1. The van der Waals surface area contributed by atoms with Gasteiger partial charge in [-0.3, -0.25) is 19.1 Å². The molecule has 1 aromatic carbocycles. The Hall–Kier alpha value is -3.00. The average molecular weight is 419 g/mol. The molecule has 0 fully saturated rings. The number of nitrogens with two attached hydrogens (primary N) is 1. The number of aromatic amines is 1. The number of rotatable bonds is 6. The van der Waals surface area contributed by atoms with Gasteiger partial charge < -0.3 is 15.4 Å². The van der Waals surface area contributed by atoms with Crippen molar-refractivity contribution in [2.75, 3.05) is 23.8 Å².